The van der Waals surface area contributed by atoms with Gasteiger partial charge in [0.05, 0.1) is 6.54 Å². The second-order valence-corrected chi connectivity index (χ2v) is 4.34. The van der Waals surface area contributed by atoms with Gasteiger partial charge in [-0.3, -0.25) is 4.99 Å². The van der Waals surface area contributed by atoms with E-state index in [-0.39, 0.29) is 12.4 Å². The number of benzene rings is 1. The summed E-state index contributed by atoms with van der Waals surface area (Å²) < 4.78 is 31.2. The van der Waals surface area contributed by atoms with E-state index in [1.807, 2.05) is 0 Å². The number of aliphatic imine (C=N–C) groups is 1. The van der Waals surface area contributed by atoms with Gasteiger partial charge in [0.15, 0.2) is 17.5 Å². The highest BCUT2D eigenvalue weighted by atomic mass is 19.1. The van der Waals surface area contributed by atoms with Crippen LogP contribution in [0.15, 0.2) is 23.2 Å². The molecule has 0 bridgehead atoms. The third-order valence-electron chi connectivity index (χ3n) is 2.69. The quantitative estimate of drug-likeness (QED) is 0.485. The molecule has 0 aromatic heterocycles. The van der Waals surface area contributed by atoms with Crippen molar-refractivity contribution in [3.05, 3.63) is 29.8 Å². The van der Waals surface area contributed by atoms with E-state index < -0.39 is 11.6 Å². The van der Waals surface area contributed by atoms with Gasteiger partial charge < -0.3 is 15.4 Å². The average Bonchev–Trinajstić information content (AvgIpc) is 3.19. The largest absolute Gasteiger partial charge is 0.489 e. The second-order valence-electron chi connectivity index (χ2n) is 4.34. The Morgan fingerprint density at radius 3 is 2.84 bits per heavy atom. The summed E-state index contributed by atoms with van der Waals surface area (Å²) in [4.78, 5) is 4.06. The van der Waals surface area contributed by atoms with E-state index in [1.54, 1.807) is 7.05 Å². The molecule has 0 saturated heterocycles. The fourth-order valence-corrected chi connectivity index (χ4v) is 1.54. The van der Waals surface area contributed by atoms with Crippen LogP contribution in [0, 0.1) is 11.6 Å². The molecule has 2 rings (SSSR count). The van der Waals surface area contributed by atoms with Gasteiger partial charge in [0.25, 0.3) is 0 Å². The Hall–Kier alpha value is -1.85. The van der Waals surface area contributed by atoms with Crippen molar-refractivity contribution < 1.29 is 13.5 Å². The maximum atomic E-state index is 13.3. The Morgan fingerprint density at radius 1 is 1.42 bits per heavy atom. The Kier molecular flexibility index (Phi) is 4.54. The van der Waals surface area contributed by atoms with Crippen molar-refractivity contribution in [2.45, 2.75) is 18.9 Å². The fraction of sp³-hybridized carbons (Fsp3) is 0.462. The first-order chi connectivity index (χ1) is 9.19. The van der Waals surface area contributed by atoms with Gasteiger partial charge in [-0.15, -0.1) is 0 Å². The van der Waals surface area contributed by atoms with Gasteiger partial charge in [0.2, 0.25) is 0 Å². The van der Waals surface area contributed by atoms with Gasteiger partial charge in [-0.2, -0.15) is 0 Å². The lowest BCUT2D eigenvalue weighted by atomic mass is 10.3. The van der Waals surface area contributed by atoms with Gasteiger partial charge in [0, 0.05) is 19.2 Å². The number of hydrogen-bond acceptors (Lipinski definition) is 2. The maximum Gasteiger partial charge on any atom is 0.191 e. The summed E-state index contributed by atoms with van der Waals surface area (Å²) in [6.07, 6.45) is 2.33. The van der Waals surface area contributed by atoms with E-state index >= 15 is 0 Å². The third-order valence-corrected chi connectivity index (χ3v) is 2.69. The minimum atomic E-state index is -0.694. The van der Waals surface area contributed by atoms with E-state index in [9.17, 15) is 8.78 Å². The lowest BCUT2D eigenvalue weighted by Crippen LogP contribution is -2.40. The molecule has 0 spiro atoms. The van der Waals surface area contributed by atoms with Gasteiger partial charge in [-0.25, -0.2) is 8.78 Å². The molecule has 19 heavy (non-hydrogen) atoms. The zero-order chi connectivity index (χ0) is 13.7. The third kappa shape index (κ3) is 4.39. The zero-order valence-electron chi connectivity index (χ0n) is 10.7. The molecule has 0 aliphatic heterocycles. The van der Waals surface area contributed by atoms with Gasteiger partial charge in [-0.1, -0.05) is 0 Å². The van der Waals surface area contributed by atoms with Crippen LogP contribution in [0.2, 0.25) is 0 Å². The first-order valence-corrected chi connectivity index (χ1v) is 6.24. The minimum absolute atomic E-state index is 0.0494. The van der Waals surface area contributed by atoms with Crippen molar-refractivity contribution in [3.8, 4) is 5.75 Å². The predicted octanol–water partition coefficient (Wildman–Crippen LogP) is 1.67. The van der Waals surface area contributed by atoms with Crippen LogP contribution < -0.4 is 15.4 Å². The van der Waals surface area contributed by atoms with Gasteiger partial charge >= 0.3 is 0 Å². The lowest BCUT2D eigenvalue weighted by Gasteiger charge is -2.12. The van der Waals surface area contributed by atoms with Crippen molar-refractivity contribution >= 4 is 5.96 Å². The minimum Gasteiger partial charge on any atom is -0.489 e. The second kappa shape index (κ2) is 6.36. The monoisotopic (exact) mass is 269 g/mol. The number of guanidine groups is 1. The Morgan fingerprint density at radius 2 is 2.21 bits per heavy atom. The van der Waals surface area contributed by atoms with Crippen LogP contribution in [0.1, 0.15) is 12.8 Å². The number of halogens is 2. The molecule has 0 heterocycles. The molecule has 1 aliphatic rings. The molecule has 0 unspecified atom stereocenters. The van der Waals surface area contributed by atoms with E-state index in [2.05, 4.69) is 15.6 Å². The number of nitrogens with zero attached hydrogens (tertiary/aromatic N) is 1. The van der Waals surface area contributed by atoms with Crippen molar-refractivity contribution in [2.75, 3.05) is 20.2 Å². The molecule has 1 aromatic rings. The summed E-state index contributed by atoms with van der Waals surface area (Å²) in [5.74, 6) is -0.545. The smallest absolute Gasteiger partial charge is 0.191 e. The predicted molar refractivity (Wildman–Crippen MR) is 69.4 cm³/mol. The summed E-state index contributed by atoms with van der Waals surface area (Å²) in [6.45, 7) is 0.761. The lowest BCUT2D eigenvalue weighted by molar-refractivity contribution is 0.304. The summed E-state index contributed by atoms with van der Waals surface area (Å²) in [6, 6.07) is 3.76. The SMILES string of the molecule is CN=C(NCCOc1ccc(F)cc1F)NC1CC1. The summed E-state index contributed by atoms with van der Waals surface area (Å²) >= 11 is 0. The first-order valence-electron chi connectivity index (χ1n) is 6.24. The highest BCUT2D eigenvalue weighted by Crippen LogP contribution is 2.18. The molecular weight excluding hydrogens is 252 g/mol. The van der Waals surface area contributed by atoms with E-state index in [4.69, 9.17) is 4.74 Å². The van der Waals surface area contributed by atoms with Crippen LogP contribution in [0.4, 0.5) is 8.78 Å². The van der Waals surface area contributed by atoms with Gasteiger partial charge in [-0.05, 0) is 25.0 Å². The molecular formula is C13H17F2N3O. The number of hydrogen-bond donors (Lipinski definition) is 2. The highest BCUT2D eigenvalue weighted by molar-refractivity contribution is 5.80. The van der Waals surface area contributed by atoms with Crippen molar-refractivity contribution in [2.24, 2.45) is 4.99 Å². The van der Waals surface area contributed by atoms with E-state index in [0.29, 0.717) is 18.5 Å². The molecule has 1 aliphatic carbocycles. The van der Waals surface area contributed by atoms with Gasteiger partial charge in [0.1, 0.15) is 12.4 Å². The normalized spacial score (nSPS) is 15.2. The van der Waals surface area contributed by atoms with Crippen LogP contribution in [-0.2, 0) is 0 Å². The van der Waals surface area contributed by atoms with Crippen molar-refractivity contribution in [1.82, 2.24) is 10.6 Å². The van der Waals surface area contributed by atoms with Crippen molar-refractivity contribution in [1.29, 1.82) is 0 Å². The molecule has 0 radical (unpaired) electrons. The van der Waals surface area contributed by atoms with Crippen LogP contribution >= 0.6 is 0 Å². The van der Waals surface area contributed by atoms with Crippen LogP contribution in [0.3, 0.4) is 0 Å². The summed E-state index contributed by atoms with van der Waals surface area (Å²) in [5.41, 5.74) is 0. The summed E-state index contributed by atoms with van der Waals surface area (Å²) in [5, 5.41) is 6.28. The summed E-state index contributed by atoms with van der Waals surface area (Å²) in [7, 11) is 1.69. The molecule has 0 amide bonds. The fourth-order valence-electron chi connectivity index (χ4n) is 1.54. The van der Waals surface area contributed by atoms with E-state index in [1.165, 1.54) is 12.1 Å². The number of nitrogens with one attached hydrogen (secondary N) is 2. The number of ether oxygens (including phenoxy) is 1. The molecule has 2 N–H and O–H groups in total. The molecule has 104 valence electrons. The van der Waals surface area contributed by atoms with Crippen LogP contribution in [0.5, 0.6) is 5.75 Å². The molecule has 4 nitrogen and oxygen atoms in total. The molecule has 0 atom stereocenters. The van der Waals surface area contributed by atoms with Crippen LogP contribution in [-0.4, -0.2) is 32.2 Å². The molecule has 6 heteroatoms. The van der Waals surface area contributed by atoms with Crippen molar-refractivity contribution in [3.63, 3.8) is 0 Å². The first kappa shape index (κ1) is 13.6. The standard InChI is InChI=1S/C13H17F2N3O/c1-16-13(18-10-3-4-10)17-6-7-19-12-5-2-9(14)8-11(12)15/h2,5,8,10H,3-4,6-7H2,1H3,(H2,16,17,18). The Balaban J connectivity index is 1.70. The van der Waals surface area contributed by atoms with E-state index in [0.717, 1.165) is 18.9 Å². The molecule has 1 saturated carbocycles. The van der Waals surface area contributed by atoms with Crippen LogP contribution in [0.25, 0.3) is 0 Å². The number of rotatable bonds is 5. The Labute approximate surface area is 110 Å². The zero-order valence-corrected chi connectivity index (χ0v) is 10.7. The topological polar surface area (TPSA) is 45.7 Å². The molecule has 1 fully saturated rings. The average molecular weight is 269 g/mol. The highest BCUT2D eigenvalue weighted by Gasteiger charge is 2.21. The molecule has 1 aromatic carbocycles. The maximum absolute atomic E-state index is 13.3. The Bertz CT molecular complexity index is 461.